The largest absolute Gasteiger partial charge is 0.0776 e. The zero-order valence-electron chi connectivity index (χ0n) is 9.59. The second-order valence-electron chi connectivity index (χ2n) is 3.25. The zero-order chi connectivity index (χ0) is 10.3. The Labute approximate surface area is 112 Å². The number of rotatable bonds is 2. The highest BCUT2D eigenvalue weighted by Crippen LogP contribution is 2.14. The lowest BCUT2D eigenvalue weighted by molar-refractivity contribution is 0.865. The summed E-state index contributed by atoms with van der Waals surface area (Å²) in [5.41, 5.74) is 2.86. The van der Waals surface area contributed by atoms with E-state index in [1.54, 1.807) is 0 Å². The summed E-state index contributed by atoms with van der Waals surface area (Å²) in [6.07, 6.45) is 1.14. The fourth-order valence-electron chi connectivity index (χ4n) is 1.14. The molecule has 0 saturated carbocycles. The quantitative estimate of drug-likeness (QED) is 0.526. The van der Waals surface area contributed by atoms with Crippen molar-refractivity contribution < 1.29 is 0 Å². The van der Waals surface area contributed by atoms with E-state index in [9.17, 15) is 0 Å². The van der Waals surface area contributed by atoms with Gasteiger partial charge in [0.2, 0.25) is 0 Å². The maximum atomic E-state index is 2.23. The van der Waals surface area contributed by atoms with Crippen LogP contribution in [0.3, 0.4) is 0 Å². The van der Waals surface area contributed by atoms with E-state index in [-0.39, 0.29) is 29.7 Å². The fourth-order valence-corrected chi connectivity index (χ4v) is 1.14. The van der Waals surface area contributed by atoms with Crippen LogP contribution in [-0.2, 0) is 6.42 Å². The van der Waals surface area contributed by atoms with Crippen molar-refractivity contribution in [3.63, 3.8) is 0 Å². The van der Waals surface area contributed by atoms with Crippen molar-refractivity contribution in [2.75, 3.05) is 0 Å². The number of hydrogen-bond donors (Lipinski definition) is 0. The molecule has 0 aliphatic rings. The summed E-state index contributed by atoms with van der Waals surface area (Å²) in [7, 11) is 0. The molecule has 0 aromatic heterocycles. The molecule has 0 aliphatic carbocycles. The van der Waals surface area contributed by atoms with Crippen molar-refractivity contribution in [2.24, 2.45) is 0 Å². The minimum absolute atomic E-state index is 0. The average Bonchev–Trinajstić information content (AvgIpc) is 2.21. The fraction of sp³-hybridized carbons (Fsp3) is 0.647. The Balaban J connectivity index is -0.0000000760. The molecule has 1 rings (SSSR count). The number of benzene rings is 1. The van der Waals surface area contributed by atoms with Gasteiger partial charge in [0.1, 0.15) is 0 Å². The van der Waals surface area contributed by atoms with Crippen LogP contribution in [0.1, 0.15) is 81.4 Å². The van der Waals surface area contributed by atoms with Crippen LogP contribution in [0.5, 0.6) is 0 Å². The van der Waals surface area contributed by atoms with Crippen molar-refractivity contribution in [3.05, 3.63) is 35.4 Å². The van der Waals surface area contributed by atoms with Crippen LogP contribution in [-0.4, -0.2) is 0 Å². The van der Waals surface area contributed by atoms with Crippen LogP contribution >= 0.6 is 0 Å². The van der Waals surface area contributed by atoms with Crippen molar-refractivity contribution in [2.45, 2.75) is 76.7 Å². The van der Waals surface area contributed by atoms with Gasteiger partial charge >= 0.3 is 0 Å². The molecule has 0 saturated heterocycles. The average molecular weight is 242 g/mol. The van der Waals surface area contributed by atoms with Crippen LogP contribution in [0, 0.1) is 0 Å². The SMILES string of the molecule is C.C.C.C.CC.CCc1ccc(C(C)C)cc1. The monoisotopic (exact) mass is 242 g/mol. The smallest absolute Gasteiger partial charge is 0.0219 e. The predicted molar refractivity (Wildman–Crippen MR) is 88.2 cm³/mol. The van der Waals surface area contributed by atoms with E-state index >= 15 is 0 Å². The highest BCUT2D eigenvalue weighted by molar-refractivity contribution is 5.24. The van der Waals surface area contributed by atoms with Crippen LogP contribution < -0.4 is 0 Å². The molecular weight excluding hydrogens is 204 g/mol. The van der Waals surface area contributed by atoms with Crippen LogP contribution in [0.4, 0.5) is 0 Å². The molecule has 0 amide bonds. The van der Waals surface area contributed by atoms with E-state index in [0.29, 0.717) is 5.92 Å². The molecule has 1 aromatic carbocycles. The van der Waals surface area contributed by atoms with Crippen LogP contribution in [0.2, 0.25) is 0 Å². The molecule has 0 radical (unpaired) electrons. The molecular formula is C17H38. The van der Waals surface area contributed by atoms with E-state index in [1.807, 2.05) is 13.8 Å². The van der Waals surface area contributed by atoms with Gasteiger partial charge in [0.25, 0.3) is 0 Å². The van der Waals surface area contributed by atoms with Crippen molar-refractivity contribution in [1.29, 1.82) is 0 Å². The summed E-state index contributed by atoms with van der Waals surface area (Å²) < 4.78 is 0. The topological polar surface area (TPSA) is 0 Å². The van der Waals surface area contributed by atoms with Gasteiger partial charge < -0.3 is 0 Å². The van der Waals surface area contributed by atoms with Gasteiger partial charge in [0.15, 0.2) is 0 Å². The van der Waals surface area contributed by atoms with Gasteiger partial charge in [-0.25, -0.2) is 0 Å². The summed E-state index contributed by atoms with van der Waals surface area (Å²) in [5.74, 6) is 0.654. The Kier molecular flexibility index (Phi) is 30.9. The minimum atomic E-state index is 0. The standard InChI is InChI=1S/C11H16.C2H6.4CH4/c1-4-10-5-7-11(8-6-10)9(2)3;1-2;;;;/h5-9H,4H2,1-3H3;1-2H3;4*1H4. The molecule has 0 unspecified atom stereocenters. The third kappa shape index (κ3) is 11.5. The van der Waals surface area contributed by atoms with E-state index in [0.717, 1.165) is 6.42 Å². The first-order valence-corrected chi connectivity index (χ1v) is 5.33. The molecule has 0 aliphatic heterocycles. The number of hydrogen-bond acceptors (Lipinski definition) is 0. The molecule has 0 N–H and O–H groups in total. The lowest BCUT2D eigenvalue weighted by Gasteiger charge is -2.04. The second-order valence-corrected chi connectivity index (χ2v) is 3.25. The molecule has 0 heterocycles. The van der Waals surface area contributed by atoms with Gasteiger partial charge in [-0.15, -0.1) is 0 Å². The Morgan fingerprint density at radius 2 is 1.18 bits per heavy atom. The Morgan fingerprint density at radius 3 is 1.41 bits per heavy atom. The maximum absolute atomic E-state index is 2.23. The highest BCUT2D eigenvalue weighted by atomic mass is 14.0. The second kappa shape index (κ2) is 17.6. The Bertz CT molecular complexity index is 206. The van der Waals surface area contributed by atoms with Gasteiger partial charge in [-0.1, -0.05) is 88.6 Å². The summed E-state index contributed by atoms with van der Waals surface area (Å²) in [5, 5.41) is 0. The lowest BCUT2D eigenvalue weighted by Crippen LogP contribution is -1.87. The third-order valence-corrected chi connectivity index (χ3v) is 2.05. The maximum Gasteiger partial charge on any atom is -0.0219 e. The molecule has 0 atom stereocenters. The molecule has 1 aromatic rings. The number of aryl methyl sites for hydroxylation is 1. The Hall–Kier alpha value is -0.780. The van der Waals surface area contributed by atoms with Crippen molar-refractivity contribution >= 4 is 0 Å². The molecule has 0 spiro atoms. The molecule has 17 heavy (non-hydrogen) atoms. The highest BCUT2D eigenvalue weighted by Gasteiger charge is 1.96. The zero-order valence-corrected chi connectivity index (χ0v) is 9.59. The molecule has 0 nitrogen and oxygen atoms in total. The van der Waals surface area contributed by atoms with Gasteiger partial charge in [0, 0.05) is 0 Å². The first kappa shape index (κ1) is 29.8. The van der Waals surface area contributed by atoms with E-state index in [4.69, 9.17) is 0 Å². The van der Waals surface area contributed by atoms with Crippen LogP contribution in [0.25, 0.3) is 0 Å². The lowest BCUT2D eigenvalue weighted by atomic mass is 10.0. The summed E-state index contributed by atoms with van der Waals surface area (Å²) in [6.45, 7) is 10.6. The van der Waals surface area contributed by atoms with Crippen LogP contribution in [0.15, 0.2) is 24.3 Å². The van der Waals surface area contributed by atoms with Crippen molar-refractivity contribution in [3.8, 4) is 0 Å². The molecule has 0 heteroatoms. The van der Waals surface area contributed by atoms with E-state index in [2.05, 4.69) is 45.0 Å². The van der Waals surface area contributed by atoms with Gasteiger partial charge in [-0.05, 0) is 23.5 Å². The van der Waals surface area contributed by atoms with Gasteiger partial charge in [-0.3, -0.25) is 0 Å². The van der Waals surface area contributed by atoms with E-state index in [1.165, 1.54) is 11.1 Å². The first-order chi connectivity index (χ1) is 6.24. The summed E-state index contributed by atoms with van der Waals surface area (Å²) in [6, 6.07) is 8.89. The van der Waals surface area contributed by atoms with Crippen molar-refractivity contribution in [1.82, 2.24) is 0 Å². The minimum Gasteiger partial charge on any atom is -0.0776 e. The molecule has 106 valence electrons. The molecule has 0 bridgehead atoms. The third-order valence-electron chi connectivity index (χ3n) is 2.05. The normalized spacial score (nSPS) is 7.18. The summed E-state index contributed by atoms with van der Waals surface area (Å²) >= 11 is 0. The van der Waals surface area contributed by atoms with Gasteiger partial charge in [-0.2, -0.15) is 0 Å². The molecule has 0 fully saturated rings. The predicted octanol–water partition coefficient (Wildman–Crippen LogP) is 6.94. The first-order valence-electron chi connectivity index (χ1n) is 5.33. The summed E-state index contributed by atoms with van der Waals surface area (Å²) in [4.78, 5) is 0. The Morgan fingerprint density at radius 1 is 0.824 bits per heavy atom. The van der Waals surface area contributed by atoms with E-state index < -0.39 is 0 Å². The van der Waals surface area contributed by atoms with Gasteiger partial charge in [0.05, 0.1) is 0 Å².